The molecule has 4 unspecified atom stereocenters. The van der Waals surface area contributed by atoms with Crippen LogP contribution < -0.4 is 0 Å². The van der Waals surface area contributed by atoms with Crippen molar-refractivity contribution in [3.8, 4) is 0 Å². The van der Waals surface area contributed by atoms with Crippen LogP contribution in [0.4, 0.5) is 8.78 Å². The molecule has 0 aromatic rings. The van der Waals surface area contributed by atoms with Crippen LogP contribution in [0.2, 0.25) is 0 Å². The van der Waals surface area contributed by atoms with Gasteiger partial charge in [0, 0.05) is 32.1 Å². The van der Waals surface area contributed by atoms with Gasteiger partial charge in [-0.25, -0.2) is 8.78 Å². The third-order valence-corrected chi connectivity index (χ3v) is 5.01. The van der Waals surface area contributed by atoms with Crippen molar-refractivity contribution in [2.75, 3.05) is 14.2 Å². The van der Waals surface area contributed by atoms with E-state index in [2.05, 4.69) is 0 Å². The molecule has 0 fully saturated rings. The molecular weight excluding hydrogens is 332 g/mol. The van der Waals surface area contributed by atoms with Crippen LogP contribution >= 0.6 is 0 Å². The summed E-state index contributed by atoms with van der Waals surface area (Å²) in [6.45, 7) is 0. The number of allylic oxidation sites excluding steroid dienone is 6. The Kier molecular flexibility index (Phi) is 5.83. The van der Waals surface area contributed by atoms with Crippen molar-refractivity contribution in [1.82, 2.24) is 0 Å². The van der Waals surface area contributed by atoms with Crippen molar-refractivity contribution in [3.05, 3.63) is 69.9 Å². The average Bonchev–Trinajstić information content (AvgIpc) is 2.63. The van der Waals surface area contributed by atoms with E-state index in [4.69, 9.17) is 25.2 Å². The van der Waals surface area contributed by atoms with E-state index in [1.165, 1.54) is 13.2 Å². The smallest absolute Gasteiger partial charge is 0.129 e. The van der Waals surface area contributed by atoms with Gasteiger partial charge in [-0.2, -0.15) is 0 Å². The minimum atomic E-state index is -1.35. The van der Waals surface area contributed by atoms with E-state index in [-0.39, 0.29) is 18.1 Å². The van der Waals surface area contributed by atoms with E-state index < -0.39 is 24.0 Å². The van der Waals surface area contributed by atoms with E-state index >= 15 is 4.39 Å². The summed E-state index contributed by atoms with van der Waals surface area (Å²) in [4.78, 5) is 0. The summed E-state index contributed by atoms with van der Waals surface area (Å²) in [6.07, 6.45) is 8.27. The van der Waals surface area contributed by atoms with Crippen LogP contribution in [0, 0.1) is 5.92 Å². The van der Waals surface area contributed by atoms with Crippen LogP contribution in [-0.4, -0.2) is 48.3 Å². The zero-order chi connectivity index (χ0) is 18.8. The molecule has 4 radical (unpaired) electrons. The second kappa shape index (κ2) is 7.93. The topological polar surface area (TPSA) is 18.5 Å². The molecule has 132 valence electrons. The van der Waals surface area contributed by atoms with Gasteiger partial charge in [0.25, 0.3) is 0 Å². The van der Waals surface area contributed by atoms with Crippen molar-refractivity contribution >= 4 is 15.7 Å². The maximum atomic E-state index is 15.0. The highest BCUT2D eigenvalue weighted by atomic mass is 19.1. The normalized spacial score (nSPS) is 32.0. The number of methoxy groups -OCH3 is 2. The Morgan fingerprint density at radius 2 is 1.81 bits per heavy atom. The van der Waals surface area contributed by atoms with Gasteiger partial charge < -0.3 is 9.47 Å². The minimum Gasteiger partial charge on any atom is -0.376 e. The molecule has 0 saturated heterocycles. The third kappa shape index (κ3) is 3.58. The second-order valence-corrected chi connectivity index (χ2v) is 6.60. The highest BCUT2D eigenvalue weighted by molar-refractivity contribution is 6.24. The summed E-state index contributed by atoms with van der Waals surface area (Å²) in [5.41, 5.74) is 2.13. The first-order valence-electron chi connectivity index (χ1n) is 8.59. The lowest BCUT2D eigenvalue weighted by Gasteiger charge is -2.34. The highest BCUT2D eigenvalue weighted by Gasteiger charge is 2.37. The van der Waals surface area contributed by atoms with Gasteiger partial charge in [0.1, 0.15) is 27.7 Å². The fourth-order valence-electron chi connectivity index (χ4n) is 3.74. The van der Waals surface area contributed by atoms with E-state index in [0.29, 0.717) is 28.5 Å². The molecule has 0 saturated carbocycles. The predicted molar refractivity (Wildman–Crippen MR) is 100 cm³/mol. The Balaban J connectivity index is 2.19. The largest absolute Gasteiger partial charge is 0.376 e. The SMILES string of the molecule is [B]C1=CCC(OC)C(C2=C(C3C=C([B])C=CC3OC)C(F)=CCC2F)=C1. The highest BCUT2D eigenvalue weighted by Crippen LogP contribution is 2.43. The Labute approximate surface area is 155 Å². The monoisotopic (exact) mass is 352 g/mol. The van der Waals surface area contributed by atoms with Crippen LogP contribution in [-0.2, 0) is 9.47 Å². The molecule has 0 heterocycles. The molecule has 3 aliphatic rings. The molecule has 0 aromatic carbocycles. The lowest BCUT2D eigenvalue weighted by atomic mass is 9.73. The fourth-order valence-corrected chi connectivity index (χ4v) is 3.74. The standard InChI is InChI=1S/C20H20B2F2O2/c1-25-17-7-3-11(21)9-13(17)19-15(23)5-6-16(24)20(19)14-10-12(22)4-8-18(14)26-2/h3-5,7,9-10,13,16-18H,6,8H2,1-2H3. The number of alkyl halides is 1. The van der Waals surface area contributed by atoms with Gasteiger partial charge in [0.2, 0.25) is 0 Å². The Morgan fingerprint density at radius 1 is 1.04 bits per heavy atom. The van der Waals surface area contributed by atoms with Gasteiger partial charge >= 0.3 is 0 Å². The molecule has 2 nitrogen and oxygen atoms in total. The fraction of sp³-hybridized carbons (Fsp3) is 0.400. The molecule has 0 aliphatic heterocycles. The lowest BCUT2D eigenvalue weighted by Crippen LogP contribution is -2.30. The predicted octanol–water partition coefficient (Wildman–Crippen LogP) is 3.53. The number of halogens is 2. The molecule has 0 bridgehead atoms. The zero-order valence-electron chi connectivity index (χ0n) is 14.9. The average molecular weight is 352 g/mol. The number of hydrogen-bond donors (Lipinski definition) is 0. The Morgan fingerprint density at radius 3 is 2.50 bits per heavy atom. The quantitative estimate of drug-likeness (QED) is 0.721. The molecule has 0 spiro atoms. The Hall–Kier alpha value is -1.65. The summed E-state index contributed by atoms with van der Waals surface area (Å²) < 4.78 is 41.0. The van der Waals surface area contributed by atoms with Crippen LogP contribution in [0.25, 0.3) is 0 Å². The number of hydrogen-bond acceptors (Lipinski definition) is 2. The Bertz CT molecular complexity index is 762. The minimum absolute atomic E-state index is 0.0263. The van der Waals surface area contributed by atoms with Gasteiger partial charge in [0.05, 0.1) is 12.2 Å². The van der Waals surface area contributed by atoms with Crippen molar-refractivity contribution in [3.63, 3.8) is 0 Å². The summed E-state index contributed by atoms with van der Waals surface area (Å²) >= 11 is 0. The molecule has 0 amide bonds. The summed E-state index contributed by atoms with van der Waals surface area (Å²) in [5.74, 6) is -0.982. The van der Waals surface area contributed by atoms with Crippen molar-refractivity contribution in [2.45, 2.75) is 31.2 Å². The number of rotatable bonds is 4. The van der Waals surface area contributed by atoms with Gasteiger partial charge in [0.15, 0.2) is 0 Å². The number of ether oxygens (including phenoxy) is 2. The first kappa shape index (κ1) is 19.1. The van der Waals surface area contributed by atoms with Crippen LogP contribution in [0.5, 0.6) is 0 Å². The van der Waals surface area contributed by atoms with E-state index in [0.717, 1.165) is 0 Å². The molecule has 3 aliphatic carbocycles. The third-order valence-electron chi connectivity index (χ3n) is 5.01. The molecule has 6 heteroatoms. The zero-order valence-corrected chi connectivity index (χ0v) is 14.9. The van der Waals surface area contributed by atoms with E-state index in [1.807, 2.05) is 6.08 Å². The molecule has 0 aromatic heterocycles. The summed E-state index contributed by atoms with van der Waals surface area (Å²) in [5, 5.41) is 0. The van der Waals surface area contributed by atoms with Crippen LogP contribution in [0.15, 0.2) is 69.9 Å². The van der Waals surface area contributed by atoms with Crippen molar-refractivity contribution in [1.29, 1.82) is 0 Å². The van der Waals surface area contributed by atoms with Gasteiger partial charge in [-0.3, -0.25) is 0 Å². The van der Waals surface area contributed by atoms with E-state index in [1.54, 1.807) is 31.4 Å². The van der Waals surface area contributed by atoms with Gasteiger partial charge in [-0.1, -0.05) is 30.4 Å². The van der Waals surface area contributed by atoms with Crippen molar-refractivity contribution in [2.24, 2.45) is 5.92 Å². The van der Waals surface area contributed by atoms with Gasteiger partial charge in [-0.05, 0) is 23.6 Å². The van der Waals surface area contributed by atoms with E-state index in [9.17, 15) is 4.39 Å². The van der Waals surface area contributed by atoms with Crippen LogP contribution in [0.3, 0.4) is 0 Å². The second-order valence-electron chi connectivity index (χ2n) is 6.60. The molecule has 26 heavy (non-hydrogen) atoms. The van der Waals surface area contributed by atoms with Crippen LogP contribution in [0.1, 0.15) is 12.8 Å². The molecular formula is C20H20B2F2O2. The lowest BCUT2D eigenvalue weighted by molar-refractivity contribution is 0.114. The molecule has 3 rings (SSSR count). The first-order chi connectivity index (χ1) is 12.5. The summed E-state index contributed by atoms with van der Waals surface area (Å²) in [6, 6.07) is 0. The molecule has 4 atom stereocenters. The maximum absolute atomic E-state index is 15.0. The first-order valence-corrected chi connectivity index (χ1v) is 8.59. The maximum Gasteiger partial charge on any atom is 0.129 e. The summed E-state index contributed by atoms with van der Waals surface area (Å²) in [7, 11) is 14.9. The van der Waals surface area contributed by atoms with Crippen molar-refractivity contribution < 1.29 is 18.3 Å². The molecule has 0 N–H and O–H groups in total. The van der Waals surface area contributed by atoms with Gasteiger partial charge in [-0.15, -0.1) is 10.9 Å².